The van der Waals surface area contributed by atoms with Crippen molar-refractivity contribution in [2.45, 2.75) is 25.7 Å². The van der Waals surface area contributed by atoms with E-state index < -0.39 is 0 Å². The van der Waals surface area contributed by atoms with Gasteiger partial charge in [0.1, 0.15) is 5.69 Å². The van der Waals surface area contributed by atoms with E-state index >= 15 is 0 Å². The Bertz CT molecular complexity index is 720. The van der Waals surface area contributed by atoms with Gasteiger partial charge in [0.25, 0.3) is 5.91 Å². The minimum absolute atomic E-state index is 0.116. The van der Waals surface area contributed by atoms with Crippen LogP contribution in [-0.2, 0) is 0 Å². The maximum absolute atomic E-state index is 12.3. The van der Waals surface area contributed by atoms with Gasteiger partial charge in [-0.05, 0) is 49.1 Å². The van der Waals surface area contributed by atoms with E-state index in [0.29, 0.717) is 16.1 Å². The number of aromatic nitrogens is 1. The molecule has 1 aromatic carbocycles. The van der Waals surface area contributed by atoms with Gasteiger partial charge in [-0.15, -0.1) is 0 Å². The summed E-state index contributed by atoms with van der Waals surface area (Å²) in [6, 6.07) is 9.28. The van der Waals surface area contributed by atoms with Crippen LogP contribution in [0.3, 0.4) is 0 Å². The molecule has 0 saturated heterocycles. The maximum atomic E-state index is 12.3. The summed E-state index contributed by atoms with van der Waals surface area (Å²) < 4.78 is 0. The van der Waals surface area contributed by atoms with E-state index in [-0.39, 0.29) is 5.91 Å². The fourth-order valence-corrected chi connectivity index (χ4v) is 3.44. The third kappa shape index (κ3) is 2.40. The molecular formula is C17H17ClN2O. The lowest BCUT2D eigenvalue weighted by Gasteiger charge is -2.15. The highest BCUT2D eigenvalue weighted by Crippen LogP contribution is 2.60. The number of benzene rings is 1. The van der Waals surface area contributed by atoms with Gasteiger partial charge in [-0.3, -0.25) is 4.79 Å². The zero-order chi connectivity index (χ0) is 14.4. The minimum Gasteiger partial charge on any atom is -0.350 e. The van der Waals surface area contributed by atoms with Crippen LogP contribution in [0.15, 0.2) is 30.3 Å². The van der Waals surface area contributed by atoms with Gasteiger partial charge in [0.15, 0.2) is 0 Å². The summed E-state index contributed by atoms with van der Waals surface area (Å²) in [5.74, 6) is 0.723. The van der Waals surface area contributed by atoms with Crippen molar-refractivity contribution < 1.29 is 4.79 Å². The number of para-hydroxylation sites is 1. The minimum atomic E-state index is -0.116. The molecule has 4 rings (SSSR count). The van der Waals surface area contributed by atoms with Crippen LogP contribution in [-0.4, -0.2) is 17.4 Å². The van der Waals surface area contributed by atoms with Crippen molar-refractivity contribution in [3.05, 3.63) is 41.0 Å². The first kappa shape index (κ1) is 13.1. The lowest BCUT2D eigenvalue weighted by atomic mass is 10.0. The van der Waals surface area contributed by atoms with Crippen molar-refractivity contribution >= 4 is 28.4 Å². The number of hydrogen-bond acceptors (Lipinski definition) is 2. The molecule has 0 bridgehead atoms. The van der Waals surface area contributed by atoms with Crippen LogP contribution in [0.25, 0.3) is 10.9 Å². The van der Waals surface area contributed by atoms with Crippen LogP contribution in [0.1, 0.15) is 36.2 Å². The van der Waals surface area contributed by atoms with Crippen molar-refractivity contribution in [3.63, 3.8) is 0 Å². The van der Waals surface area contributed by atoms with Crippen LogP contribution >= 0.6 is 11.6 Å². The number of fused-ring (bicyclic) bond motifs is 1. The van der Waals surface area contributed by atoms with Crippen LogP contribution in [0.4, 0.5) is 0 Å². The summed E-state index contributed by atoms with van der Waals surface area (Å²) in [5, 5.41) is 4.51. The fraction of sp³-hybridized carbons (Fsp3) is 0.412. The Morgan fingerprint density at radius 1 is 1.33 bits per heavy atom. The van der Waals surface area contributed by atoms with Crippen LogP contribution in [0.2, 0.25) is 5.02 Å². The summed E-state index contributed by atoms with van der Waals surface area (Å²) in [4.78, 5) is 16.7. The molecule has 0 aliphatic heterocycles. The molecule has 0 atom stereocenters. The highest BCUT2D eigenvalue weighted by atomic mass is 35.5. The predicted molar refractivity (Wildman–Crippen MR) is 83.5 cm³/mol. The molecule has 2 fully saturated rings. The molecule has 2 aromatic rings. The van der Waals surface area contributed by atoms with Crippen LogP contribution in [0.5, 0.6) is 0 Å². The molecule has 1 heterocycles. The number of nitrogens with one attached hydrogen (secondary N) is 1. The molecule has 0 radical (unpaired) electrons. The molecule has 1 aromatic heterocycles. The van der Waals surface area contributed by atoms with Gasteiger partial charge in [0.05, 0.1) is 10.5 Å². The monoisotopic (exact) mass is 300 g/mol. The third-order valence-electron chi connectivity index (χ3n) is 4.83. The number of hydrogen-bond donors (Lipinski definition) is 1. The highest BCUT2D eigenvalue weighted by molar-refractivity contribution is 6.35. The molecule has 2 aliphatic carbocycles. The molecule has 4 heteroatoms. The number of pyridine rings is 1. The molecule has 1 amide bonds. The van der Waals surface area contributed by atoms with Gasteiger partial charge >= 0.3 is 0 Å². The summed E-state index contributed by atoms with van der Waals surface area (Å²) in [5.41, 5.74) is 1.57. The van der Waals surface area contributed by atoms with Crippen molar-refractivity contribution in [1.29, 1.82) is 0 Å². The predicted octanol–water partition coefficient (Wildman–Crippen LogP) is 3.81. The molecule has 2 aliphatic rings. The second-order valence-corrected chi connectivity index (χ2v) is 6.73. The molecule has 3 nitrogen and oxygen atoms in total. The van der Waals surface area contributed by atoms with Crippen LogP contribution < -0.4 is 5.32 Å². The van der Waals surface area contributed by atoms with E-state index in [1.807, 2.05) is 24.3 Å². The van der Waals surface area contributed by atoms with Gasteiger partial charge < -0.3 is 5.32 Å². The molecule has 108 valence electrons. The molecule has 0 spiro atoms. The van der Waals surface area contributed by atoms with E-state index in [9.17, 15) is 4.79 Å². The molecule has 0 unspecified atom stereocenters. The summed E-state index contributed by atoms with van der Waals surface area (Å²) in [7, 11) is 0. The van der Waals surface area contributed by atoms with Gasteiger partial charge in [0.2, 0.25) is 0 Å². The van der Waals surface area contributed by atoms with Gasteiger partial charge in [-0.1, -0.05) is 29.8 Å². The van der Waals surface area contributed by atoms with Gasteiger partial charge in [-0.2, -0.15) is 0 Å². The second kappa shape index (κ2) is 4.70. The molecular weight excluding hydrogens is 284 g/mol. The maximum Gasteiger partial charge on any atom is 0.269 e. The Hall–Kier alpha value is -1.61. The van der Waals surface area contributed by atoms with Crippen LogP contribution in [0, 0.1) is 11.3 Å². The largest absolute Gasteiger partial charge is 0.350 e. The van der Waals surface area contributed by atoms with E-state index in [0.717, 1.165) is 23.4 Å². The standard InChI is InChI=1S/C17H17ClN2O/c18-13-9-15(20-14-4-2-1-3-12(13)14)16(21)19-10-17(7-8-17)11-5-6-11/h1-4,9,11H,5-8,10H2,(H,19,21). The van der Waals surface area contributed by atoms with E-state index in [4.69, 9.17) is 11.6 Å². The fourth-order valence-electron chi connectivity index (χ4n) is 3.18. The van der Waals surface area contributed by atoms with Crippen molar-refractivity contribution in [1.82, 2.24) is 10.3 Å². The highest BCUT2D eigenvalue weighted by Gasteiger charge is 2.53. The first-order valence-corrected chi connectivity index (χ1v) is 7.89. The van der Waals surface area contributed by atoms with Gasteiger partial charge in [0, 0.05) is 11.9 Å². The molecule has 1 N–H and O–H groups in total. The second-order valence-electron chi connectivity index (χ2n) is 6.33. The Kier molecular flexibility index (Phi) is 2.93. The number of rotatable bonds is 4. The number of nitrogens with zero attached hydrogens (tertiary/aromatic N) is 1. The van der Waals surface area contributed by atoms with Crippen molar-refractivity contribution in [3.8, 4) is 0 Å². The third-order valence-corrected chi connectivity index (χ3v) is 5.15. The quantitative estimate of drug-likeness (QED) is 0.933. The first-order chi connectivity index (χ1) is 10.2. The normalized spacial score (nSPS) is 19.5. The number of amides is 1. The summed E-state index contributed by atoms with van der Waals surface area (Å²) in [6.07, 6.45) is 5.17. The zero-order valence-electron chi connectivity index (χ0n) is 11.7. The summed E-state index contributed by atoms with van der Waals surface area (Å²) in [6.45, 7) is 0.780. The SMILES string of the molecule is O=C(NCC1(C2CC2)CC1)c1cc(Cl)c2ccccc2n1. The van der Waals surface area contributed by atoms with E-state index in [1.54, 1.807) is 6.07 Å². The Morgan fingerprint density at radius 3 is 2.81 bits per heavy atom. The van der Waals surface area contributed by atoms with Crippen molar-refractivity contribution in [2.75, 3.05) is 6.54 Å². The Labute approximate surface area is 128 Å². The molecule has 21 heavy (non-hydrogen) atoms. The summed E-state index contributed by atoms with van der Waals surface area (Å²) >= 11 is 6.25. The molecule has 2 saturated carbocycles. The first-order valence-electron chi connectivity index (χ1n) is 7.51. The van der Waals surface area contributed by atoms with Crippen molar-refractivity contribution in [2.24, 2.45) is 11.3 Å². The smallest absolute Gasteiger partial charge is 0.269 e. The average molecular weight is 301 g/mol. The average Bonchev–Trinajstić information content (AvgIpc) is 3.37. The topological polar surface area (TPSA) is 42.0 Å². The van der Waals surface area contributed by atoms with E-state index in [1.165, 1.54) is 25.7 Å². The number of halogens is 1. The lowest BCUT2D eigenvalue weighted by molar-refractivity contribution is 0.0938. The zero-order valence-corrected chi connectivity index (χ0v) is 12.5. The lowest BCUT2D eigenvalue weighted by Crippen LogP contribution is -2.31. The Morgan fingerprint density at radius 2 is 2.10 bits per heavy atom. The number of carbonyl (C=O) groups excluding carboxylic acids is 1. The van der Waals surface area contributed by atoms with Gasteiger partial charge in [-0.25, -0.2) is 4.98 Å². The number of carbonyl (C=O) groups is 1. The van der Waals surface area contributed by atoms with E-state index in [2.05, 4.69) is 10.3 Å². The Balaban J connectivity index is 1.54.